The van der Waals surface area contributed by atoms with E-state index < -0.39 is 10.8 Å². The molecule has 0 heterocycles. The number of halogens is 1. The number of nitro benzene ring substituents is 1. The average Bonchev–Trinajstić information content (AvgIpc) is 2.76. The lowest BCUT2D eigenvalue weighted by Gasteiger charge is -2.13. The van der Waals surface area contributed by atoms with Crippen molar-refractivity contribution in [3.8, 4) is 11.5 Å². The van der Waals surface area contributed by atoms with Crippen LogP contribution in [0, 0.1) is 10.1 Å². The molecule has 0 aromatic heterocycles. The number of ether oxygens (including phenoxy) is 2. The highest BCUT2D eigenvalue weighted by atomic mass is 35.5. The third-order valence-electron chi connectivity index (χ3n) is 4.32. The van der Waals surface area contributed by atoms with Crippen molar-refractivity contribution in [1.82, 2.24) is 5.32 Å². The van der Waals surface area contributed by atoms with E-state index >= 15 is 0 Å². The van der Waals surface area contributed by atoms with Crippen LogP contribution in [0.15, 0.2) is 66.7 Å². The van der Waals surface area contributed by atoms with Crippen LogP contribution in [0.4, 0.5) is 5.69 Å². The van der Waals surface area contributed by atoms with Gasteiger partial charge in [0.15, 0.2) is 11.5 Å². The van der Waals surface area contributed by atoms with Crippen LogP contribution in [0.2, 0.25) is 5.02 Å². The fraction of sp³-hybridized carbons (Fsp3) is 0.136. The predicted octanol–water partition coefficient (Wildman–Crippen LogP) is 4.77. The minimum Gasteiger partial charge on any atom is -0.493 e. The van der Waals surface area contributed by atoms with Gasteiger partial charge in [-0.25, -0.2) is 0 Å². The molecule has 0 saturated carbocycles. The Bertz CT molecular complexity index is 1060. The summed E-state index contributed by atoms with van der Waals surface area (Å²) in [5, 5.41) is 14.1. The van der Waals surface area contributed by atoms with E-state index in [0.29, 0.717) is 18.1 Å². The van der Waals surface area contributed by atoms with Crippen LogP contribution < -0.4 is 14.8 Å². The number of nitrogens with zero attached hydrogens (tertiary/aromatic N) is 1. The fourth-order valence-corrected chi connectivity index (χ4v) is 2.98. The van der Waals surface area contributed by atoms with Gasteiger partial charge in [-0.2, -0.15) is 0 Å². The molecule has 7 nitrogen and oxygen atoms in total. The van der Waals surface area contributed by atoms with Crippen molar-refractivity contribution >= 4 is 23.2 Å². The maximum absolute atomic E-state index is 12.4. The molecule has 0 aliphatic rings. The molecule has 1 N–H and O–H groups in total. The van der Waals surface area contributed by atoms with Crippen molar-refractivity contribution < 1.29 is 19.2 Å². The maximum atomic E-state index is 12.4. The Morgan fingerprint density at radius 3 is 2.50 bits per heavy atom. The number of nitrogens with one attached hydrogen (secondary N) is 1. The van der Waals surface area contributed by atoms with Gasteiger partial charge in [0.2, 0.25) is 0 Å². The number of hydrogen-bond donors (Lipinski definition) is 1. The van der Waals surface area contributed by atoms with Crippen molar-refractivity contribution in [2.24, 2.45) is 0 Å². The Morgan fingerprint density at radius 2 is 1.80 bits per heavy atom. The predicted molar refractivity (Wildman–Crippen MR) is 113 cm³/mol. The Labute approximate surface area is 178 Å². The van der Waals surface area contributed by atoms with Gasteiger partial charge >= 0.3 is 0 Å². The van der Waals surface area contributed by atoms with Crippen LogP contribution in [-0.4, -0.2) is 17.9 Å². The number of amides is 1. The molecule has 3 aromatic rings. The monoisotopic (exact) mass is 426 g/mol. The number of nitro groups is 1. The van der Waals surface area contributed by atoms with E-state index in [1.807, 2.05) is 30.3 Å². The molecule has 0 unspecified atom stereocenters. The van der Waals surface area contributed by atoms with E-state index in [1.165, 1.54) is 25.3 Å². The number of rotatable bonds is 8. The lowest BCUT2D eigenvalue weighted by atomic mass is 10.1. The zero-order valence-electron chi connectivity index (χ0n) is 16.1. The van der Waals surface area contributed by atoms with Crippen LogP contribution in [0.5, 0.6) is 11.5 Å². The van der Waals surface area contributed by atoms with Gasteiger partial charge in [-0.15, -0.1) is 0 Å². The van der Waals surface area contributed by atoms with Gasteiger partial charge < -0.3 is 14.8 Å². The molecule has 0 aliphatic heterocycles. The maximum Gasteiger partial charge on any atom is 0.282 e. The molecule has 3 aromatic carbocycles. The Kier molecular flexibility index (Phi) is 6.87. The van der Waals surface area contributed by atoms with Gasteiger partial charge in [-0.3, -0.25) is 14.9 Å². The van der Waals surface area contributed by atoms with Crippen LogP contribution in [0.1, 0.15) is 21.5 Å². The molecular formula is C22H19ClN2O5. The van der Waals surface area contributed by atoms with E-state index in [0.717, 1.165) is 11.1 Å². The summed E-state index contributed by atoms with van der Waals surface area (Å²) in [6.07, 6.45) is 0. The molecule has 0 spiro atoms. The highest BCUT2D eigenvalue weighted by Crippen LogP contribution is 2.29. The molecule has 0 bridgehead atoms. The summed E-state index contributed by atoms with van der Waals surface area (Å²) >= 11 is 5.88. The molecule has 30 heavy (non-hydrogen) atoms. The molecule has 1 amide bonds. The summed E-state index contributed by atoms with van der Waals surface area (Å²) in [6, 6.07) is 18.9. The van der Waals surface area contributed by atoms with Gasteiger partial charge in [0.1, 0.15) is 12.2 Å². The van der Waals surface area contributed by atoms with Crippen molar-refractivity contribution in [1.29, 1.82) is 0 Å². The van der Waals surface area contributed by atoms with Crippen LogP contribution in [0.3, 0.4) is 0 Å². The van der Waals surface area contributed by atoms with Gasteiger partial charge in [-0.1, -0.05) is 48.0 Å². The minimum atomic E-state index is -0.618. The third kappa shape index (κ3) is 5.27. The van der Waals surface area contributed by atoms with Crippen LogP contribution >= 0.6 is 11.6 Å². The average molecular weight is 427 g/mol. The first-order chi connectivity index (χ1) is 14.5. The SMILES string of the molecule is COc1cc(CNC(=O)c2cc(Cl)ccc2[N+](=O)[O-])ccc1OCc1ccccc1. The second-order valence-electron chi connectivity index (χ2n) is 6.36. The summed E-state index contributed by atoms with van der Waals surface area (Å²) in [6.45, 7) is 0.545. The molecule has 154 valence electrons. The second-order valence-corrected chi connectivity index (χ2v) is 6.80. The molecule has 8 heteroatoms. The molecule has 0 aliphatic carbocycles. The summed E-state index contributed by atoms with van der Waals surface area (Å²) < 4.78 is 11.2. The highest BCUT2D eigenvalue weighted by Gasteiger charge is 2.20. The number of methoxy groups -OCH3 is 1. The van der Waals surface area contributed by atoms with E-state index in [4.69, 9.17) is 21.1 Å². The summed E-state index contributed by atoms with van der Waals surface area (Å²) in [4.78, 5) is 23.0. The minimum absolute atomic E-state index is 0.0951. The van der Waals surface area contributed by atoms with Gasteiger partial charge in [0, 0.05) is 17.6 Å². The van der Waals surface area contributed by atoms with Crippen molar-refractivity contribution in [2.45, 2.75) is 13.2 Å². The largest absolute Gasteiger partial charge is 0.493 e. The standard InChI is InChI=1S/C22H19ClN2O5/c1-29-21-11-16(7-10-20(21)30-14-15-5-3-2-4-6-15)13-24-22(26)18-12-17(23)8-9-19(18)25(27)28/h2-12H,13-14H2,1H3,(H,24,26). The molecule has 3 rings (SSSR count). The van der Waals surface area contributed by atoms with Crippen LogP contribution in [0.25, 0.3) is 0 Å². The fourth-order valence-electron chi connectivity index (χ4n) is 2.80. The molecule has 0 radical (unpaired) electrons. The zero-order valence-corrected chi connectivity index (χ0v) is 16.9. The van der Waals surface area contributed by atoms with E-state index in [1.54, 1.807) is 18.2 Å². The van der Waals surface area contributed by atoms with E-state index in [9.17, 15) is 14.9 Å². The van der Waals surface area contributed by atoms with Gasteiger partial charge in [0.25, 0.3) is 11.6 Å². The number of carbonyl (C=O) groups is 1. The van der Waals surface area contributed by atoms with Crippen molar-refractivity contribution in [3.05, 3.63) is 98.6 Å². The second kappa shape index (κ2) is 9.76. The third-order valence-corrected chi connectivity index (χ3v) is 4.55. The van der Waals surface area contributed by atoms with Crippen molar-refractivity contribution in [2.75, 3.05) is 7.11 Å². The Morgan fingerprint density at radius 1 is 1.03 bits per heavy atom. The number of carbonyl (C=O) groups excluding carboxylic acids is 1. The summed E-state index contributed by atoms with van der Waals surface area (Å²) in [5.74, 6) is 0.501. The molecular weight excluding hydrogens is 408 g/mol. The van der Waals surface area contributed by atoms with E-state index in [-0.39, 0.29) is 22.8 Å². The first-order valence-corrected chi connectivity index (χ1v) is 9.41. The Hall–Kier alpha value is -3.58. The molecule has 0 fully saturated rings. The first kappa shape index (κ1) is 21.1. The smallest absolute Gasteiger partial charge is 0.282 e. The van der Waals surface area contributed by atoms with E-state index in [2.05, 4.69) is 5.32 Å². The molecule has 0 atom stereocenters. The number of benzene rings is 3. The lowest BCUT2D eigenvalue weighted by Crippen LogP contribution is -2.23. The first-order valence-electron chi connectivity index (χ1n) is 9.03. The van der Waals surface area contributed by atoms with Gasteiger partial charge in [0.05, 0.1) is 12.0 Å². The molecule has 0 saturated heterocycles. The highest BCUT2D eigenvalue weighted by molar-refractivity contribution is 6.31. The lowest BCUT2D eigenvalue weighted by molar-refractivity contribution is -0.385. The Balaban J connectivity index is 1.68. The van der Waals surface area contributed by atoms with Crippen LogP contribution in [-0.2, 0) is 13.2 Å². The summed E-state index contributed by atoms with van der Waals surface area (Å²) in [7, 11) is 1.53. The number of hydrogen-bond acceptors (Lipinski definition) is 5. The topological polar surface area (TPSA) is 90.7 Å². The zero-order chi connectivity index (χ0) is 21.5. The quantitative estimate of drug-likeness (QED) is 0.414. The van der Waals surface area contributed by atoms with Crippen molar-refractivity contribution in [3.63, 3.8) is 0 Å². The van der Waals surface area contributed by atoms with Gasteiger partial charge in [-0.05, 0) is 35.4 Å². The normalized spacial score (nSPS) is 10.3. The summed E-state index contributed by atoms with van der Waals surface area (Å²) in [5.41, 5.74) is 1.37.